The summed E-state index contributed by atoms with van der Waals surface area (Å²) in [4.78, 5) is 34.1. The van der Waals surface area contributed by atoms with E-state index in [4.69, 9.17) is 5.11 Å². The van der Waals surface area contributed by atoms with Crippen LogP contribution in [0.4, 0.5) is 10.5 Å². The van der Waals surface area contributed by atoms with Gasteiger partial charge >= 0.3 is 84.9 Å². The second kappa shape index (κ2) is 12.9. The van der Waals surface area contributed by atoms with E-state index in [0.717, 1.165) is 10.9 Å². The van der Waals surface area contributed by atoms with Crippen molar-refractivity contribution in [1.82, 2.24) is 14.8 Å². The fraction of sp³-hybridized carbons (Fsp3) is 0. The molecule has 1 heterocycles. The van der Waals surface area contributed by atoms with E-state index >= 15 is 0 Å². The Labute approximate surface area is 216 Å². The number of nitrogens with one attached hydrogen (secondary N) is 2. The Morgan fingerprint density at radius 1 is 1.19 bits per heavy atom. The molecule has 0 atom stereocenters. The Balaban J connectivity index is 0.000000479. The maximum atomic E-state index is 11.3. The second-order valence-electron chi connectivity index (χ2n) is 4.46. The van der Waals surface area contributed by atoms with Gasteiger partial charge in [-0.25, -0.2) is 9.48 Å². The first kappa shape index (κ1) is 25.6. The third-order valence-electron chi connectivity index (χ3n) is 2.74. The molecule has 3 aromatic rings. The zero-order valence-electron chi connectivity index (χ0n) is 14.0. The van der Waals surface area contributed by atoms with Crippen LogP contribution in [-0.2, 0) is 21.1 Å². The summed E-state index contributed by atoms with van der Waals surface area (Å²) in [5, 5.41) is 24.6. The first-order valence-electron chi connectivity index (χ1n) is 6.79. The van der Waals surface area contributed by atoms with Crippen LogP contribution in [0.25, 0.3) is 5.69 Å². The van der Waals surface area contributed by atoms with Gasteiger partial charge in [0.2, 0.25) is 0 Å². The van der Waals surface area contributed by atoms with Gasteiger partial charge in [-0.15, -0.1) is 18.2 Å². The van der Waals surface area contributed by atoms with Crippen molar-refractivity contribution in [3.05, 3.63) is 81.6 Å². The number of carbonyl (C=O) groups is 1. The topological polar surface area (TPSA) is 140 Å². The van der Waals surface area contributed by atoms with E-state index in [9.17, 15) is 19.5 Å². The molecule has 0 saturated heterocycles. The fourth-order valence-electron chi connectivity index (χ4n) is 1.69. The maximum Gasteiger partial charge on any atom is 2.00 e. The van der Waals surface area contributed by atoms with Gasteiger partial charge in [0, 0.05) is 5.75 Å². The summed E-state index contributed by atoms with van der Waals surface area (Å²) in [6.07, 6.45) is -0.405. The molecule has 0 aliphatic heterocycles. The SMILES string of the molecule is O=C([O-])Nc1c[c-]ccc1O.O=c1cnn(-c2cc[c-]cc2)c(=O)[nH]1.[Rb+].[W+2]. The Bertz CT molecular complexity index is 978. The standard InChI is InChI=1S/C9H6N3O2.C7H6NO3.Rb.W/c13-8-6-10-12(9(14)11-8)7-4-2-1-3-5-7;9-6-4-2-1-3-5(6)8-7(10)11;;/h2-6H,(H,11,13,14);2-4,8-9H,(H,10,11);;/q2*-1;+1;+2/p-1. The molecule has 0 radical (unpaired) electrons. The number of rotatable bonds is 2. The van der Waals surface area contributed by atoms with Gasteiger partial charge in [0.1, 0.15) is 12.3 Å². The predicted molar refractivity (Wildman–Crippen MR) is 85.3 cm³/mol. The minimum atomic E-state index is -1.46. The minimum absolute atomic E-state index is 0. The van der Waals surface area contributed by atoms with Crippen molar-refractivity contribution in [2.45, 2.75) is 0 Å². The van der Waals surface area contributed by atoms with Crippen LogP contribution in [0, 0.1) is 12.1 Å². The molecule has 27 heavy (non-hydrogen) atoms. The Kier molecular flexibility index (Phi) is 12.2. The number of carboxylic acid groups (broad SMARTS) is 1. The number of phenols is 1. The normalized spacial score (nSPS) is 8.89. The Morgan fingerprint density at radius 3 is 2.37 bits per heavy atom. The van der Waals surface area contributed by atoms with E-state index in [1.807, 2.05) is 5.32 Å². The van der Waals surface area contributed by atoms with Crippen LogP contribution in [0.3, 0.4) is 0 Å². The molecule has 3 rings (SSSR count). The van der Waals surface area contributed by atoms with Crippen molar-refractivity contribution in [2.75, 3.05) is 5.32 Å². The summed E-state index contributed by atoms with van der Waals surface area (Å²) >= 11 is 0. The van der Waals surface area contributed by atoms with Crippen LogP contribution < -0.4 is 79.9 Å². The molecule has 132 valence electrons. The van der Waals surface area contributed by atoms with Crippen molar-refractivity contribution in [3.8, 4) is 11.4 Å². The van der Waals surface area contributed by atoms with E-state index in [1.54, 1.807) is 24.3 Å². The van der Waals surface area contributed by atoms with Crippen molar-refractivity contribution < 1.29 is 94.3 Å². The summed E-state index contributed by atoms with van der Waals surface area (Å²) in [6.45, 7) is 0. The molecule has 0 fully saturated rings. The largest absolute Gasteiger partial charge is 2.00 e. The molecule has 0 aliphatic carbocycles. The summed E-state index contributed by atoms with van der Waals surface area (Å²) in [6, 6.07) is 16.2. The van der Waals surface area contributed by atoms with Gasteiger partial charge in [-0.05, 0) is 11.4 Å². The summed E-state index contributed by atoms with van der Waals surface area (Å²) < 4.78 is 1.11. The number of hydrogen-bond acceptors (Lipinski definition) is 6. The van der Waals surface area contributed by atoms with Crippen LogP contribution in [0.5, 0.6) is 5.75 Å². The third kappa shape index (κ3) is 8.44. The molecule has 0 aliphatic rings. The van der Waals surface area contributed by atoms with Crippen molar-refractivity contribution in [3.63, 3.8) is 0 Å². The predicted octanol–water partition coefficient (Wildman–Crippen LogP) is -3.33. The van der Waals surface area contributed by atoms with E-state index in [-0.39, 0.29) is 90.7 Å². The molecule has 0 spiro atoms. The number of amides is 1. The van der Waals surface area contributed by atoms with Gasteiger partial charge < -0.3 is 20.3 Å². The molecular formula is C16H11N4O5RbW. The number of nitrogens with zero attached hydrogens (tertiary/aromatic N) is 2. The van der Waals surface area contributed by atoms with E-state index < -0.39 is 17.3 Å². The number of H-pyrrole nitrogens is 1. The number of aromatic hydroxyl groups is 1. The average Bonchev–Trinajstić information content (AvgIpc) is 2.58. The number of phenolic OH excluding ortho intramolecular Hbond substituents is 1. The summed E-state index contributed by atoms with van der Waals surface area (Å²) in [7, 11) is 0. The fourth-order valence-corrected chi connectivity index (χ4v) is 1.69. The van der Waals surface area contributed by atoms with E-state index in [2.05, 4.69) is 22.2 Å². The Hall–Kier alpha value is -1.39. The van der Waals surface area contributed by atoms with Gasteiger partial charge in [-0.2, -0.15) is 41.5 Å². The van der Waals surface area contributed by atoms with Gasteiger partial charge in [0.05, 0.1) is 0 Å². The van der Waals surface area contributed by atoms with Crippen LogP contribution in [0.1, 0.15) is 0 Å². The zero-order chi connectivity index (χ0) is 18.2. The van der Waals surface area contributed by atoms with Crippen molar-refractivity contribution in [2.24, 2.45) is 0 Å². The molecule has 0 saturated carbocycles. The number of aromatic amines is 1. The zero-order valence-corrected chi connectivity index (χ0v) is 21.9. The molecule has 0 bridgehead atoms. The van der Waals surface area contributed by atoms with Gasteiger partial charge in [-0.3, -0.25) is 9.78 Å². The Morgan fingerprint density at radius 2 is 1.81 bits per heavy atom. The van der Waals surface area contributed by atoms with Crippen LogP contribution in [0.2, 0.25) is 0 Å². The van der Waals surface area contributed by atoms with Gasteiger partial charge in [-0.1, -0.05) is 0 Å². The molecule has 11 heteroatoms. The number of aromatic nitrogens is 3. The van der Waals surface area contributed by atoms with E-state index in [1.165, 1.54) is 18.2 Å². The smallest absolute Gasteiger partial charge is 0.531 e. The molecule has 2 aromatic carbocycles. The summed E-state index contributed by atoms with van der Waals surface area (Å²) in [5.74, 6) is -0.145. The van der Waals surface area contributed by atoms with Crippen molar-refractivity contribution in [1.29, 1.82) is 0 Å². The van der Waals surface area contributed by atoms with Gasteiger partial charge in [0.25, 0.3) is 5.56 Å². The van der Waals surface area contributed by atoms with E-state index in [0.29, 0.717) is 5.69 Å². The number of benzene rings is 2. The van der Waals surface area contributed by atoms with Crippen LogP contribution in [-0.4, -0.2) is 26.0 Å². The molecule has 3 N–H and O–H groups in total. The first-order valence-corrected chi connectivity index (χ1v) is 6.79. The van der Waals surface area contributed by atoms with Crippen LogP contribution in [0.15, 0.2) is 58.3 Å². The second-order valence-corrected chi connectivity index (χ2v) is 4.46. The number of carbonyl (C=O) groups excluding carboxylic acids is 1. The van der Waals surface area contributed by atoms with Gasteiger partial charge in [0.15, 0.2) is 0 Å². The monoisotopic (exact) mass is 608 g/mol. The quantitative estimate of drug-likeness (QED) is 0.206. The van der Waals surface area contributed by atoms with Crippen LogP contribution >= 0.6 is 0 Å². The molecule has 0 unspecified atom stereocenters. The number of hydrogen-bond donors (Lipinski definition) is 3. The molecule has 1 amide bonds. The van der Waals surface area contributed by atoms with Crippen molar-refractivity contribution >= 4 is 11.8 Å². The molecular weight excluding hydrogens is 598 g/mol. The molecule has 1 aromatic heterocycles. The number of anilines is 1. The summed E-state index contributed by atoms with van der Waals surface area (Å²) in [5.41, 5.74) is -0.394. The average molecular weight is 609 g/mol. The third-order valence-corrected chi connectivity index (χ3v) is 2.74. The maximum absolute atomic E-state index is 11.3. The minimum Gasteiger partial charge on any atom is -0.531 e. The molecule has 9 nitrogen and oxygen atoms in total. The first-order chi connectivity index (χ1) is 12.0.